The number of aromatic nitrogens is 2. The number of carbonyl (C=O) groups excluding carboxylic acids is 1. The predicted octanol–water partition coefficient (Wildman–Crippen LogP) is 1.24. The first-order valence-corrected chi connectivity index (χ1v) is 6.54. The molecule has 0 atom stereocenters. The van der Waals surface area contributed by atoms with Crippen LogP contribution in [0.3, 0.4) is 0 Å². The van der Waals surface area contributed by atoms with E-state index in [4.69, 9.17) is 9.26 Å². The van der Waals surface area contributed by atoms with Crippen molar-refractivity contribution in [1.82, 2.24) is 20.8 Å². The molecule has 0 saturated heterocycles. The molecule has 19 heavy (non-hydrogen) atoms. The number of hydrogen-bond donors (Lipinski definition) is 2. The fourth-order valence-electron chi connectivity index (χ4n) is 1.32. The zero-order valence-corrected chi connectivity index (χ0v) is 11.2. The Balaban J connectivity index is 1.79. The number of rotatable bonds is 6. The minimum atomic E-state index is -0.298. The molecule has 2 rings (SSSR count). The van der Waals surface area contributed by atoms with Crippen molar-refractivity contribution in [3.05, 3.63) is 23.4 Å². The summed E-state index contributed by atoms with van der Waals surface area (Å²) in [5, 5.41) is 11.0. The molecule has 2 N–H and O–H groups in total. The summed E-state index contributed by atoms with van der Waals surface area (Å²) >= 11 is 1.53. The normalized spacial score (nSPS) is 10.4. The quantitative estimate of drug-likeness (QED) is 0.778. The lowest BCUT2D eigenvalue weighted by Crippen LogP contribution is -2.36. The highest BCUT2D eigenvalue weighted by atomic mass is 32.1. The second kappa shape index (κ2) is 6.86. The molecule has 0 unspecified atom stereocenters. The third kappa shape index (κ3) is 4.04. The molecule has 2 amide bonds. The summed E-state index contributed by atoms with van der Waals surface area (Å²) in [6, 6.07) is 3.52. The fourth-order valence-corrected chi connectivity index (χ4v) is 1.97. The molecule has 102 valence electrons. The summed E-state index contributed by atoms with van der Waals surface area (Å²) in [5.74, 6) is 0.900. The molecule has 0 saturated carbocycles. The van der Waals surface area contributed by atoms with Crippen LogP contribution in [0.5, 0.6) is 0 Å². The van der Waals surface area contributed by atoms with Gasteiger partial charge in [-0.3, -0.25) is 0 Å². The van der Waals surface area contributed by atoms with Gasteiger partial charge in [0.05, 0.1) is 18.0 Å². The molecule has 0 bridgehead atoms. The first-order chi connectivity index (χ1) is 9.29. The van der Waals surface area contributed by atoms with E-state index in [1.165, 1.54) is 11.3 Å². The average Bonchev–Trinajstić information content (AvgIpc) is 3.07. The molecule has 0 radical (unpaired) electrons. The number of urea groups is 1. The second-order valence-corrected chi connectivity index (χ2v) is 4.54. The van der Waals surface area contributed by atoms with E-state index < -0.39 is 0 Å². The summed E-state index contributed by atoms with van der Waals surface area (Å²) in [5.41, 5.74) is 0. The van der Waals surface area contributed by atoms with Gasteiger partial charge in [0.2, 0.25) is 11.7 Å². The van der Waals surface area contributed by atoms with E-state index in [1.807, 2.05) is 17.5 Å². The van der Waals surface area contributed by atoms with Gasteiger partial charge in [-0.1, -0.05) is 11.2 Å². The van der Waals surface area contributed by atoms with Crippen LogP contribution >= 0.6 is 11.3 Å². The van der Waals surface area contributed by atoms with Crippen LogP contribution in [-0.4, -0.2) is 36.4 Å². The van der Waals surface area contributed by atoms with E-state index in [1.54, 1.807) is 7.11 Å². The van der Waals surface area contributed by atoms with Crippen molar-refractivity contribution in [1.29, 1.82) is 0 Å². The van der Waals surface area contributed by atoms with Crippen LogP contribution in [0.2, 0.25) is 0 Å². The number of hydrogen-bond acceptors (Lipinski definition) is 6. The summed E-state index contributed by atoms with van der Waals surface area (Å²) < 4.78 is 9.86. The van der Waals surface area contributed by atoms with Crippen LogP contribution in [-0.2, 0) is 11.3 Å². The minimum Gasteiger partial charge on any atom is -0.383 e. The summed E-state index contributed by atoms with van der Waals surface area (Å²) in [6.45, 7) is 1.11. The molecule has 2 heterocycles. The molecule has 0 aliphatic carbocycles. The Morgan fingerprint density at radius 2 is 2.42 bits per heavy atom. The van der Waals surface area contributed by atoms with Crippen LogP contribution in [0.15, 0.2) is 22.0 Å². The number of carbonyl (C=O) groups is 1. The van der Waals surface area contributed by atoms with Gasteiger partial charge in [0.15, 0.2) is 0 Å². The first kappa shape index (κ1) is 13.5. The number of nitrogens with one attached hydrogen (secondary N) is 2. The smallest absolute Gasteiger partial charge is 0.315 e. The van der Waals surface area contributed by atoms with E-state index in [9.17, 15) is 4.79 Å². The molecule has 0 aliphatic heterocycles. The van der Waals surface area contributed by atoms with Crippen molar-refractivity contribution in [2.24, 2.45) is 0 Å². The van der Waals surface area contributed by atoms with Gasteiger partial charge < -0.3 is 19.9 Å². The third-order valence-corrected chi connectivity index (χ3v) is 3.07. The highest BCUT2D eigenvalue weighted by Gasteiger charge is 2.10. The second-order valence-electron chi connectivity index (χ2n) is 3.59. The largest absolute Gasteiger partial charge is 0.383 e. The number of thiophene rings is 1. The van der Waals surface area contributed by atoms with Crippen molar-refractivity contribution < 1.29 is 14.1 Å². The van der Waals surface area contributed by atoms with E-state index in [0.717, 1.165) is 4.88 Å². The fraction of sp³-hybridized carbons (Fsp3) is 0.364. The molecular weight excluding hydrogens is 268 g/mol. The van der Waals surface area contributed by atoms with Gasteiger partial charge in [-0.05, 0) is 11.4 Å². The zero-order valence-electron chi connectivity index (χ0n) is 10.4. The Labute approximate surface area is 114 Å². The number of ether oxygens (including phenoxy) is 1. The average molecular weight is 282 g/mol. The zero-order chi connectivity index (χ0) is 13.5. The summed E-state index contributed by atoms with van der Waals surface area (Å²) in [6.07, 6.45) is 0. The molecule has 2 aromatic heterocycles. The number of nitrogens with zero attached hydrogens (tertiary/aromatic N) is 2. The van der Waals surface area contributed by atoms with Crippen LogP contribution in [0.4, 0.5) is 4.79 Å². The maximum atomic E-state index is 11.4. The van der Waals surface area contributed by atoms with Gasteiger partial charge in [-0.25, -0.2) is 4.79 Å². The molecule has 0 fully saturated rings. The van der Waals surface area contributed by atoms with E-state index in [0.29, 0.717) is 24.9 Å². The Hall–Kier alpha value is -1.93. The highest BCUT2D eigenvalue weighted by molar-refractivity contribution is 7.13. The van der Waals surface area contributed by atoms with Gasteiger partial charge in [0, 0.05) is 13.7 Å². The van der Waals surface area contributed by atoms with E-state index >= 15 is 0 Å². The van der Waals surface area contributed by atoms with Crippen molar-refractivity contribution in [3.63, 3.8) is 0 Å². The molecule has 0 aliphatic rings. The predicted molar refractivity (Wildman–Crippen MR) is 69.7 cm³/mol. The summed E-state index contributed by atoms with van der Waals surface area (Å²) in [7, 11) is 1.57. The number of methoxy groups -OCH3 is 1. The van der Waals surface area contributed by atoms with Crippen LogP contribution in [0.25, 0.3) is 10.7 Å². The Kier molecular flexibility index (Phi) is 4.87. The van der Waals surface area contributed by atoms with Crippen molar-refractivity contribution in [3.8, 4) is 10.7 Å². The molecule has 0 spiro atoms. The van der Waals surface area contributed by atoms with Crippen molar-refractivity contribution >= 4 is 17.4 Å². The topological polar surface area (TPSA) is 89.3 Å². The van der Waals surface area contributed by atoms with Crippen LogP contribution < -0.4 is 10.6 Å². The maximum absolute atomic E-state index is 11.4. The lowest BCUT2D eigenvalue weighted by Gasteiger charge is -2.04. The SMILES string of the molecule is COCCNC(=O)NCc1nc(-c2cccs2)no1. The van der Waals surface area contributed by atoms with Gasteiger partial charge >= 0.3 is 6.03 Å². The third-order valence-electron chi connectivity index (χ3n) is 2.20. The lowest BCUT2D eigenvalue weighted by molar-refractivity contribution is 0.195. The van der Waals surface area contributed by atoms with Gasteiger partial charge in [-0.15, -0.1) is 11.3 Å². The molecular formula is C11H14N4O3S. The molecule has 7 nitrogen and oxygen atoms in total. The van der Waals surface area contributed by atoms with E-state index in [2.05, 4.69) is 20.8 Å². The standard InChI is InChI=1S/C11H14N4O3S/c1-17-5-4-12-11(16)13-7-9-14-10(15-18-9)8-3-2-6-19-8/h2-3,6H,4-5,7H2,1H3,(H2,12,13,16). The highest BCUT2D eigenvalue weighted by Crippen LogP contribution is 2.20. The van der Waals surface area contributed by atoms with Crippen molar-refractivity contribution in [2.75, 3.05) is 20.3 Å². The molecule has 2 aromatic rings. The summed E-state index contributed by atoms with van der Waals surface area (Å²) in [4.78, 5) is 16.5. The monoisotopic (exact) mass is 282 g/mol. The lowest BCUT2D eigenvalue weighted by atomic mass is 10.4. The van der Waals surface area contributed by atoms with Crippen LogP contribution in [0.1, 0.15) is 5.89 Å². The Morgan fingerprint density at radius 1 is 1.53 bits per heavy atom. The molecule has 0 aromatic carbocycles. The molecule has 8 heteroatoms. The minimum absolute atomic E-state index is 0.192. The maximum Gasteiger partial charge on any atom is 0.315 e. The van der Waals surface area contributed by atoms with Gasteiger partial charge in [0.25, 0.3) is 0 Å². The Morgan fingerprint density at radius 3 is 3.16 bits per heavy atom. The number of amides is 2. The van der Waals surface area contributed by atoms with Crippen molar-refractivity contribution in [2.45, 2.75) is 6.54 Å². The van der Waals surface area contributed by atoms with Gasteiger partial charge in [-0.2, -0.15) is 4.98 Å². The van der Waals surface area contributed by atoms with Crippen LogP contribution in [0, 0.1) is 0 Å². The Bertz CT molecular complexity index is 512. The van der Waals surface area contributed by atoms with Gasteiger partial charge in [0.1, 0.15) is 0 Å². The first-order valence-electron chi connectivity index (χ1n) is 5.66. The van der Waals surface area contributed by atoms with E-state index in [-0.39, 0.29) is 12.6 Å².